The summed E-state index contributed by atoms with van der Waals surface area (Å²) in [4.78, 5) is 6.69. The van der Waals surface area contributed by atoms with Gasteiger partial charge in [-0.05, 0) is 45.3 Å². The third-order valence-electron chi connectivity index (χ3n) is 5.21. The molecular weight excluding hydrogens is 307 g/mol. The monoisotopic (exact) mass is 330 g/mol. The summed E-state index contributed by atoms with van der Waals surface area (Å²) in [6.45, 7) is 11.2. The maximum atomic E-state index is 6.11. The highest BCUT2D eigenvalue weighted by atomic mass is 16.7. The molecule has 1 aromatic carbocycles. The number of aromatic nitrogens is 1. The van der Waals surface area contributed by atoms with Gasteiger partial charge in [0.1, 0.15) is 5.52 Å². The van der Waals surface area contributed by atoms with Gasteiger partial charge < -0.3 is 23.4 Å². The number of nitrogens with zero attached hydrogens (tertiary/aromatic N) is 2. The molecule has 0 unspecified atom stereocenters. The number of anilines is 1. The maximum Gasteiger partial charge on any atom is 0.494 e. The van der Waals surface area contributed by atoms with Crippen molar-refractivity contribution in [2.24, 2.45) is 0 Å². The van der Waals surface area contributed by atoms with Gasteiger partial charge in [-0.25, -0.2) is 0 Å². The number of rotatable bonds is 2. The van der Waals surface area contributed by atoms with E-state index in [9.17, 15) is 0 Å². The SMILES string of the molecule is CC1(C)OB(c2ccc3nc(N4CCOCC4)oc3c2)OC1(C)C. The molecular formula is C17H23BN2O4. The summed E-state index contributed by atoms with van der Waals surface area (Å²) in [6, 6.07) is 6.58. The van der Waals surface area contributed by atoms with E-state index in [4.69, 9.17) is 18.5 Å². The van der Waals surface area contributed by atoms with Gasteiger partial charge in [0, 0.05) is 13.1 Å². The standard InChI is InChI=1S/C17H23BN2O4/c1-16(2)17(3,4)24-18(23-16)12-5-6-13-14(11-12)22-15(19-13)20-7-9-21-10-8-20/h5-6,11H,7-10H2,1-4H3. The van der Waals surface area contributed by atoms with Crippen LogP contribution in [0.4, 0.5) is 6.01 Å². The minimum Gasteiger partial charge on any atom is -0.423 e. The van der Waals surface area contributed by atoms with Gasteiger partial charge >= 0.3 is 7.12 Å². The molecule has 0 aliphatic carbocycles. The van der Waals surface area contributed by atoms with Crippen molar-refractivity contribution in [1.29, 1.82) is 0 Å². The second kappa shape index (κ2) is 5.47. The fraction of sp³-hybridized carbons (Fsp3) is 0.588. The number of morpholine rings is 1. The molecule has 4 rings (SSSR count). The summed E-state index contributed by atoms with van der Waals surface area (Å²) in [6.07, 6.45) is 0. The van der Waals surface area contributed by atoms with Gasteiger partial charge in [0.25, 0.3) is 6.01 Å². The van der Waals surface area contributed by atoms with Crippen molar-refractivity contribution in [2.75, 3.05) is 31.2 Å². The molecule has 24 heavy (non-hydrogen) atoms. The number of benzene rings is 1. The topological polar surface area (TPSA) is 57.0 Å². The van der Waals surface area contributed by atoms with Gasteiger partial charge in [0.15, 0.2) is 5.58 Å². The highest BCUT2D eigenvalue weighted by molar-refractivity contribution is 6.62. The van der Waals surface area contributed by atoms with Gasteiger partial charge in [-0.3, -0.25) is 0 Å². The number of fused-ring (bicyclic) bond motifs is 1. The summed E-state index contributed by atoms with van der Waals surface area (Å²) in [5, 5.41) is 0. The number of hydrogen-bond donors (Lipinski definition) is 0. The van der Waals surface area contributed by atoms with Crippen LogP contribution in [0.2, 0.25) is 0 Å². The van der Waals surface area contributed by atoms with Crippen LogP contribution in [0.1, 0.15) is 27.7 Å². The van der Waals surface area contributed by atoms with E-state index in [1.54, 1.807) is 0 Å². The Morgan fingerprint density at radius 1 is 1.04 bits per heavy atom. The summed E-state index contributed by atoms with van der Waals surface area (Å²) in [5.74, 6) is 0. The predicted octanol–water partition coefficient (Wildman–Crippen LogP) is 1.96. The van der Waals surface area contributed by atoms with Gasteiger partial charge in [-0.1, -0.05) is 6.07 Å². The Labute approximate surface area is 142 Å². The molecule has 2 aliphatic heterocycles. The Bertz CT molecular complexity index is 736. The van der Waals surface area contributed by atoms with E-state index in [-0.39, 0.29) is 11.2 Å². The fourth-order valence-electron chi connectivity index (χ4n) is 2.94. The average molecular weight is 330 g/mol. The lowest BCUT2D eigenvalue weighted by molar-refractivity contribution is 0.00578. The van der Waals surface area contributed by atoms with E-state index < -0.39 is 7.12 Å². The predicted molar refractivity (Wildman–Crippen MR) is 92.8 cm³/mol. The molecule has 2 saturated heterocycles. The Morgan fingerprint density at radius 3 is 2.38 bits per heavy atom. The summed E-state index contributed by atoms with van der Waals surface area (Å²) < 4.78 is 23.6. The first-order chi connectivity index (χ1) is 11.4. The Hall–Kier alpha value is -1.57. The number of oxazole rings is 1. The lowest BCUT2D eigenvalue weighted by atomic mass is 9.79. The van der Waals surface area contributed by atoms with E-state index >= 15 is 0 Å². The largest absolute Gasteiger partial charge is 0.494 e. The van der Waals surface area contributed by atoms with Crippen LogP contribution in [-0.4, -0.2) is 49.6 Å². The molecule has 2 aromatic rings. The normalized spacial score (nSPS) is 23.2. The van der Waals surface area contributed by atoms with Gasteiger partial charge in [0.2, 0.25) is 0 Å². The summed E-state index contributed by atoms with van der Waals surface area (Å²) in [7, 11) is -0.392. The zero-order valence-electron chi connectivity index (χ0n) is 14.7. The molecule has 2 fully saturated rings. The molecule has 0 saturated carbocycles. The highest BCUT2D eigenvalue weighted by Gasteiger charge is 2.51. The Kier molecular flexibility index (Phi) is 3.63. The summed E-state index contributed by atoms with van der Waals surface area (Å²) >= 11 is 0. The van der Waals surface area contributed by atoms with Crippen molar-refractivity contribution in [3.63, 3.8) is 0 Å². The molecule has 2 aliphatic rings. The first-order valence-electron chi connectivity index (χ1n) is 8.45. The molecule has 0 bridgehead atoms. The van der Waals surface area contributed by atoms with Crippen molar-refractivity contribution in [1.82, 2.24) is 4.98 Å². The molecule has 7 heteroatoms. The molecule has 0 atom stereocenters. The van der Waals surface area contributed by atoms with Crippen LogP contribution < -0.4 is 10.4 Å². The first-order valence-corrected chi connectivity index (χ1v) is 8.45. The fourth-order valence-corrected chi connectivity index (χ4v) is 2.94. The van der Waals surface area contributed by atoms with E-state index in [0.29, 0.717) is 19.2 Å². The maximum absolute atomic E-state index is 6.11. The van der Waals surface area contributed by atoms with Crippen molar-refractivity contribution >= 4 is 29.7 Å². The molecule has 0 N–H and O–H groups in total. The molecule has 0 spiro atoms. The first kappa shape index (κ1) is 15.9. The van der Waals surface area contributed by atoms with Crippen molar-refractivity contribution < 1.29 is 18.5 Å². The van der Waals surface area contributed by atoms with E-state index in [0.717, 1.165) is 29.7 Å². The van der Waals surface area contributed by atoms with Gasteiger partial charge in [-0.15, -0.1) is 0 Å². The third kappa shape index (κ3) is 2.60. The van der Waals surface area contributed by atoms with Crippen LogP contribution in [0.5, 0.6) is 0 Å². The molecule has 128 valence electrons. The average Bonchev–Trinajstić information content (AvgIpc) is 3.06. The van der Waals surface area contributed by atoms with Crippen LogP contribution in [0, 0.1) is 0 Å². The van der Waals surface area contributed by atoms with Gasteiger partial charge in [0.05, 0.1) is 24.4 Å². The zero-order valence-corrected chi connectivity index (χ0v) is 14.7. The lowest BCUT2D eigenvalue weighted by Crippen LogP contribution is -2.41. The quantitative estimate of drug-likeness (QED) is 0.785. The Morgan fingerprint density at radius 2 is 1.71 bits per heavy atom. The number of hydrogen-bond acceptors (Lipinski definition) is 6. The molecule has 6 nitrogen and oxygen atoms in total. The van der Waals surface area contributed by atoms with Crippen LogP contribution in [0.3, 0.4) is 0 Å². The second-order valence-corrected chi connectivity index (χ2v) is 7.41. The minimum atomic E-state index is -0.392. The Balaban J connectivity index is 1.62. The van der Waals surface area contributed by atoms with Gasteiger partial charge in [-0.2, -0.15) is 4.98 Å². The van der Waals surface area contributed by atoms with Crippen LogP contribution in [-0.2, 0) is 14.0 Å². The van der Waals surface area contributed by atoms with Crippen molar-refractivity contribution in [2.45, 2.75) is 38.9 Å². The van der Waals surface area contributed by atoms with Crippen LogP contribution in [0.25, 0.3) is 11.1 Å². The minimum absolute atomic E-state index is 0.354. The lowest BCUT2D eigenvalue weighted by Gasteiger charge is -2.32. The van der Waals surface area contributed by atoms with E-state index in [2.05, 4.69) is 37.6 Å². The van der Waals surface area contributed by atoms with Crippen LogP contribution in [0.15, 0.2) is 22.6 Å². The molecule has 1 aromatic heterocycles. The second-order valence-electron chi connectivity index (χ2n) is 7.41. The zero-order chi connectivity index (χ0) is 16.9. The number of ether oxygens (including phenoxy) is 1. The van der Waals surface area contributed by atoms with E-state index in [1.165, 1.54) is 0 Å². The van der Waals surface area contributed by atoms with E-state index in [1.807, 2.05) is 18.2 Å². The molecule has 0 amide bonds. The van der Waals surface area contributed by atoms with Crippen molar-refractivity contribution in [3.05, 3.63) is 18.2 Å². The molecule has 3 heterocycles. The highest BCUT2D eigenvalue weighted by Crippen LogP contribution is 2.36. The van der Waals surface area contributed by atoms with Crippen molar-refractivity contribution in [3.8, 4) is 0 Å². The smallest absolute Gasteiger partial charge is 0.423 e. The third-order valence-corrected chi connectivity index (χ3v) is 5.21. The van der Waals surface area contributed by atoms with Crippen LogP contribution >= 0.6 is 0 Å². The summed E-state index contributed by atoms with van der Waals surface area (Å²) in [5.41, 5.74) is 1.84. The molecule has 0 radical (unpaired) electrons.